The summed E-state index contributed by atoms with van der Waals surface area (Å²) in [6.45, 7) is 0.338. The fraction of sp³-hybridized carbons (Fsp3) is 0.125. The summed E-state index contributed by atoms with van der Waals surface area (Å²) >= 11 is 12.9. The molecule has 0 spiro atoms. The van der Waals surface area contributed by atoms with Gasteiger partial charge < -0.3 is 15.6 Å². The Morgan fingerprint density at radius 2 is 1.41 bits per heavy atom. The first-order chi connectivity index (χ1) is 19.0. The van der Waals surface area contributed by atoms with Crippen molar-refractivity contribution in [3.8, 4) is 0 Å². The van der Waals surface area contributed by atoms with Crippen LogP contribution in [-0.4, -0.2) is 23.3 Å². The molecule has 7 heteroatoms. The minimum Gasteiger partial charge on any atom is -0.361 e. The Morgan fingerprint density at radius 1 is 0.744 bits per heavy atom. The van der Waals surface area contributed by atoms with Gasteiger partial charge in [0, 0.05) is 34.6 Å². The maximum atomic E-state index is 13.3. The van der Waals surface area contributed by atoms with E-state index in [2.05, 4.69) is 21.7 Å². The van der Waals surface area contributed by atoms with Gasteiger partial charge in [-0.2, -0.15) is 0 Å². The van der Waals surface area contributed by atoms with Crippen molar-refractivity contribution in [2.24, 2.45) is 0 Å². The van der Waals surface area contributed by atoms with Gasteiger partial charge in [0.15, 0.2) is 0 Å². The Morgan fingerprint density at radius 3 is 2.18 bits per heavy atom. The molecule has 0 aliphatic carbocycles. The number of carbonyl (C=O) groups is 2. The number of para-hydroxylation sites is 1. The Balaban J connectivity index is 1.37. The average Bonchev–Trinajstić information content (AvgIpc) is 3.38. The third-order valence-electron chi connectivity index (χ3n) is 6.80. The van der Waals surface area contributed by atoms with Crippen LogP contribution in [0.1, 0.15) is 45.4 Å². The third kappa shape index (κ3) is 6.17. The molecule has 2 atom stereocenters. The van der Waals surface area contributed by atoms with Gasteiger partial charge in [0.25, 0.3) is 5.91 Å². The Bertz CT molecular complexity index is 1600. The SMILES string of the molecule is O=C(C[C@H](NC(=O)c1ccccc1Cl)c1ccccc1)NC[C@H](c1ccccc1Cl)c1c[nH]c2ccccc12. The van der Waals surface area contributed by atoms with E-state index in [-0.39, 0.29) is 24.2 Å². The summed E-state index contributed by atoms with van der Waals surface area (Å²) in [6.07, 6.45) is 2.03. The highest BCUT2D eigenvalue weighted by Crippen LogP contribution is 2.34. The van der Waals surface area contributed by atoms with Crippen molar-refractivity contribution in [2.75, 3.05) is 6.54 Å². The van der Waals surface area contributed by atoms with Crippen molar-refractivity contribution in [1.82, 2.24) is 15.6 Å². The van der Waals surface area contributed by atoms with Gasteiger partial charge in [-0.25, -0.2) is 0 Å². The summed E-state index contributed by atoms with van der Waals surface area (Å²) in [5.41, 5.74) is 4.18. The number of rotatable bonds is 9. The van der Waals surface area contributed by atoms with Crippen molar-refractivity contribution in [3.63, 3.8) is 0 Å². The molecule has 3 N–H and O–H groups in total. The second kappa shape index (κ2) is 12.2. The number of H-pyrrole nitrogens is 1. The molecule has 2 amide bonds. The predicted molar refractivity (Wildman–Crippen MR) is 157 cm³/mol. The highest BCUT2D eigenvalue weighted by molar-refractivity contribution is 6.33. The van der Waals surface area contributed by atoms with Gasteiger partial charge in [0.2, 0.25) is 5.91 Å². The van der Waals surface area contributed by atoms with Gasteiger partial charge >= 0.3 is 0 Å². The number of hydrogen-bond donors (Lipinski definition) is 3. The van der Waals surface area contributed by atoms with Crippen LogP contribution in [0, 0.1) is 0 Å². The topological polar surface area (TPSA) is 74.0 Å². The Hall–Kier alpha value is -4.06. The lowest BCUT2D eigenvalue weighted by atomic mass is 9.90. The number of aromatic nitrogens is 1. The van der Waals surface area contributed by atoms with E-state index in [0.29, 0.717) is 22.2 Å². The van der Waals surface area contributed by atoms with Crippen molar-refractivity contribution < 1.29 is 9.59 Å². The average molecular weight is 556 g/mol. The van der Waals surface area contributed by atoms with Crippen LogP contribution in [0.3, 0.4) is 0 Å². The molecule has 0 aliphatic rings. The number of amides is 2. The Labute approximate surface area is 237 Å². The van der Waals surface area contributed by atoms with E-state index >= 15 is 0 Å². The van der Waals surface area contributed by atoms with Crippen molar-refractivity contribution >= 4 is 45.9 Å². The molecular weight excluding hydrogens is 529 g/mol. The molecule has 0 fully saturated rings. The maximum absolute atomic E-state index is 13.3. The van der Waals surface area contributed by atoms with E-state index in [1.165, 1.54) is 0 Å². The molecule has 0 aliphatic heterocycles. The monoisotopic (exact) mass is 555 g/mol. The highest BCUT2D eigenvalue weighted by Gasteiger charge is 2.24. The first-order valence-electron chi connectivity index (χ1n) is 12.7. The summed E-state index contributed by atoms with van der Waals surface area (Å²) in [5, 5.41) is 8.15. The summed E-state index contributed by atoms with van der Waals surface area (Å²) in [5.74, 6) is -0.707. The number of fused-ring (bicyclic) bond motifs is 1. The van der Waals surface area contributed by atoms with Crippen LogP contribution < -0.4 is 10.6 Å². The standard InChI is InChI=1S/C32H27Cl2N3O2/c33-27-15-7-4-12-22(27)25(26-19-35-29-17-9-6-13-23(26)29)20-36-31(38)18-30(21-10-2-1-3-11-21)37-32(39)24-14-5-8-16-28(24)34/h1-17,19,25,30,35H,18,20H2,(H,36,38)(H,37,39)/t25-,30+/m1/s1. The lowest BCUT2D eigenvalue weighted by molar-refractivity contribution is -0.121. The second-order valence-electron chi connectivity index (χ2n) is 9.29. The molecule has 0 saturated heterocycles. The number of aromatic amines is 1. The first kappa shape index (κ1) is 26.5. The lowest BCUT2D eigenvalue weighted by Gasteiger charge is -2.22. The molecule has 0 unspecified atom stereocenters. The number of hydrogen-bond acceptors (Lipinski definition) is 2. The smallest absolute Gasteiger partial charge is 0.253 e. The van der Waals surface area contributed by atoms with Crippen molar-refractivity contribution in [2.45, 2.75) is 18.4 Å². The molecule has 5 aromatic rings. The van der Waals surface area contributed by atoms with Gasteiger partial charge in [-0.05, 0) is 41.0 Å². The maximum Gasteiger partial charge on any atom is 0.253 e. The molecule has 39 heavy (non-hydrogen) atoms. The van der Waals surface area contributed by atoms with E-state index in [1.54, 1.807) is 24.3 Å². The Kier molecular flexibility index (Phi) is 8.30. The largest absolute Gasteiger partial charge is 0.361 e. The van der Waals surface area contributed by atoms with Gasteiger partial charge in [-0.1, -0.05) is 102 Å². The first-order valence-corrected chi connectivity index (χ1v) is 13.4. The number of benzene rings is 4. The van der Waals surface area contributed by atoms with E-state index in [4.69, 9.17) is 23.2 Å². The number of halogens is 2. The zero-order valence-corrected chi connectivity index (χ0v) is 22.5. The zero-order valence-electron chi connectivity index (χ0n) is 21.0. The van der Waals surface area contributed by atoms with Crippen LogP contribution in [0.2, 0.25) is 10.0 Å². The molecule has 0 radical (unpaired) electrons. The van der Waals surface area contributed by atoms with Crippen LogP contribution in [0.15, 0.2) is 109 Å². The third-order valence-corrected chi connectivity index (χ3v) is 7.47. The molecule has 196 valence electrons. The van der Waals surface area contributed by atoms with Gasteiger partial charge in [0.1, 0.15) is 0 Å². The van der Waals surface area contributed by atoms with Crippen LogP contribution in [0.4, 0.5) is 0 Å². The van der Waals surface area contributed by atoms with E-state index in [9.17, 15) is 9.59 Å². The molecule has 1 aromatic heterocycles. The van der Waals surface area contributed by atoms with Gasteiger partial charge in [-0.3, -0.25) is 9.59 Å². The highest BCUT2D eigenvalue weighted by atomic mass is 35.5. The normalized spacial score (nSPS) is 12.6. The van der Waals surface area contributed by atoms with Crippen LogP contribution in [0.5, 0.6) is 0 Å². The van der Waals surface area contributed by atoms with Crippen LogP contribution in [-0.2, 0) is 4.79 Å². The van der Waals surface area contributed by atoms with E-state index < -0.39 is 6.04 Å². The number of nitrogens with one attached hydrogen (secondary N) is 3. The van der Waals surface area contributed by atoms with Crippen molar-refractivity contribution in [1.29, 1.82) is 0 Å². The van der Waals surface area contributed by atoms with Gasteiger partial charge in [-0.15, -0.1) is 0 Å². The number of carbonyl (C=O) groups excluding carboxylic acids is 2. The fourth-order valence-corrected chi connectivity index (χ4v) is 5.31. The summed E-state index contributed by atoms with van der Waals surface area (Å²) in [7, 11) is 0. The summed E-state index contributed by atoms with van der Waals surface area (Å²) < 4.78 is 0. The van der Waals surface area contributed by atoms with Crippen LogP contribution in [0.25, 0.3) is 10.9 Å². The molecule has 5 nitrogen and oxygen atoms in total. The quantitative estimate of drug-likeness (QED) is 0.179. The minimum atomic E-state index is -0.540. The van der Waals surface area contributed by atoms with E-state index in [1.807, 2.05) is 79.0 Å². The molecule has 0 bridgehead atoms. The fourth-order valence-electron chi connectivity index (χ4n) is 4.82. The predicted octanol–water partition coefficient (Wildman–Crippen LogP) is 7.28. The second-order valence-corrected chi connectivity index (χ2v) is 10.1. The molecular formula is C32H27Cl2N3O2. The molecule has 4 aromatic carbocycles. The lowest BCUT2D eigenvalue weighted by Crippen LogP contribution is -2.35. The summed E-state index contributed by atoms with van der Waals surface area (Å²) in [6, 6.07) is 31.5. The molecule has 1 heterocycles. The molecule has 0 saturated carbocycles. The molecule has 5 rings (SSSR count). The van der Waals surface area contributed by atoms with Crippen LogP contribution >= 0.6 is 23.2 Å². The summed E-state index contributed by atoms with van der Waals surface area (Å²) in [4.78, 5) is 29.7. The van der Waals surface area contributed by atoms with Gasteiger partial charge in [0.05, 0.1) is 23.0 Å². The minimum absolute atomic E-state index is 0.0589. The zero-order chi connectivity index (χ0) is 27.2. The van der Waals surface area contributed by atoms with E-state index in [0.717, 1.165) is 27.6 Å². The van der Waals surface area contributed by atoms with Crippen molar-refractivity contribution in [3.05, 3.63) is 142 Å².